The van der Waals surface area contributed by atoms with Crippen molar-refractivity contribution in [3.63, 3.8) is 0 Å². The summed E-state index contributed by atoms with van der Waals surface area (Å²) >= 11 is 0. The van der Waals surface area contributed by atoms with Crippen molar-refractivity contribution in [2.24, 2.45) is 0 Å². The third kappa shape index (κ3) is 1.15. The number of aromatic amines is 1. The molecule has 0 bridgehead atoms. The normalized spacial score (nSPS) is 10.9. The van der Waals surface area contributed by atoms with E-state index in [4.69, 9.17) is 5.73 Å². The Morgan fingerprint density at radius 2 is 2.27 bits per heavy atom. The molecule has 6 heteroatoms. The zero-order chi connectivity index (χ0) is 10.3. The van der Waals surface area contributed by atoms with Gasteiger partial charge in [-0.3, -0.25) is 5.10 Å². The number of pyridine rings is 1. The Morgan fingerprint density at radius 1 is 1.33 bits per heavy atom. The molecule has 0 atom stereocenters. The summed E-state index contributed by atoms with van der Waals surface area (Å²) in [6.45, 7) is 0. The first-order chi connectivity index (χ1) is 7.34. The van der Waals surface area contributed by atoms with Gasteiger partial charge in [-0.05, 0) is 12.1 Å². The lowest BCUT2D eigenvalue weighted by Gasteiger charge is -1.92. The summed E-state index contributed by atoms with van der Waals surface area (Å²) in [5, 5.41) is 10.7. The summed E-state index contributed by atoms with van der Waals surface area (Å²) in [4.78, 5) is 4.06. The van der Waals surface area contributed by atoms with Crippen molar-refractivity contribution in [1.82, 2.24) is 24.8 Å². The second kappa shape index (κ2) is 2.81. The number of aromatic nitrogens is 5. The number of fused-ring (bicyclic) bond motifs is 1. The first-order valence-electron chi connectivity index (χ1n) is 4.45. The van der Waals surface area contributed by atoms with Crippen LogP contribution in [0.4, 0.5) is 5.95 Å². The Hall–Kier alpha value is -2.37. The molecule has 6 nitrogen and oxygen atoms in total. The number of hydrogen-bond donors (Lipinski definition) is 2. The molecule has 0 aliphatic heterocycles. The second-order valence-electron chi connectivity index (χ2n) is 3.13. The standard InChI is InChI=1S/C9H8N6/c10-9-12-8(13-14-9)6-5-11-15-4-2-1-3-7(6)15/h1-5H,(H3,10,12,13,14). The minimum absolute atomic E-state index is 0.236. The van der Waals surface area contributed by atoms with Crippen LogP contribution in [0.5, 0.6) is 0 Å². The first-order valence-corrected chi connectivity index (χ1v) is 4.45. The van der Waals surface area contributed by atoms with Crippen LogP contribution in [-0.4, -0.2) is 24.8 Å². The molecule has 3 aromatic heterocycles. The fraction of sp³-hybridized carbons (Fsp3) is 0. The first kappa shape index (κ1) is 7.98. The van der Waals surface area contributed by atoms with Crippen molar-refractivity contribution in [3.05, 3.63) is 30.6 Å². The van der Waals surface area contributed by atoms with E-state index in [0.717, 1.165) is 11.1 Å². The summed E-state index contributed by atoms with van der Waals surface area (Å²) in [5.74, 6) is 0.869. The van der Waals surface area contributed by atoms with Gasteiger partial charge in [0.2, 0.25) is 5.95 Å². The number of hydrogen-bond acceptors (Lipinski definition) is 4. The number of nitrogens with two attached hydrogens (primary N) is 1. The van der Waals surface area contributed by atoms with Crippen LogP contribution in [0.2, 0.25) is 0 Å². The van der Waals surface area contributed by atoms with Crippen LogP contribution >= 0.6 is 0 Å². The number of anilines is 1. The van der Waals surface area contributed by atoms with Crippen LogP contribution in [0.15, 0.2) is 30.6 Å². The molecule has 3 rings (SSSR count). The van der Waals surface area contributed by atoms with E-state index in [0.29, 0.717) is 5.82 Å². The highest BCUT2D eigenvalue weighted by Gasteiger charge is 2.09. The van der Waals surface area contributed by atoms with E-state index in [9.17, 15) is 0 Å². The molecule has 3 N–H and O–H groups in total. The predicted octanol–water partition coefficient (Wildman–Crippen LogP) is 0.702. The maximum atomic E-state index is 5.45. The van der Waals surface area contributed by atoms with Crippen LogP contribution in [-0.2, 0) is 0 Å². The maximum absolute atomic E-state index is 5.45. The summed E-state index contributed by atoms with van der Waals surface area (Å²) in [6, 6.07) is 5.82. The second-order valence-corrected chi connectivity index (χ2v) is 3.13. The fourth-order valence-electron chi connectivity index (χ4n) is 1.51. The largest absolute Gasteiger partial charge is 0.366 e. The van der Waals surface area contributed by atoms with Gasteiger partial charge in [0.25, 0.3) is 0 Å². The van der Waals surface area contributed by atoms with Crippen molar-refractivity contribution in [1.29, 1.82) is 0 Å². The lowest BCUT2D eigenvalue weighted by molar-refractivity contribution is 0.961. The van der Waals surface area contributed by atoms with Crippen molar-refractivity contribution < 1.29 is 0 Å². The van der Waals surface area contributed by atoms with Crippen LogP contribution in [0, 0.1) is 0 Å². The number of rotatable bonds is 1. The van der Waals surface area contributed by atoms with Gasteiger partial charge in [0.05, 0.1) is 17.3 Å². The van der Waals surface area contributed by atoms with Crippen molar-refractivity contribution in [2.75, 3.05) is 5.73 Å². The van der Waals surface area contributed by atoms with Gasteiger partial charge >= 0.3 is 0 Å². The lowest BCUT2D eigenvalue weighted by atomic mass is 10.2. The Kier molecular flexibility index (Phi) is 1.49. The molecular weight excluding hydrogens is 192 g/mol. The molecule has 74 valence electrons. The smallest absolute Gasteiger partial charge is 0.239 e. The monoisotopic (exact) mass is 200 g/mol. The molecule has 3 aromatic rings. The predicted molar refractivity (Wildman–Crippen MR) is 55.0 cm³/mol. The third-order valence-corrected chi connectivity index (χ3v) is 2.18. The van der Waals surface area contributed by atoms with E-state index in [2.05, 4.69) is 20.3 Å². The maximum Gasteiger partial charge on any atom is 0.239 e. The minimum atomic E-state index is 0.236. The Bertz CT molecular complexity index is 608. The number of nitrogens with one attached hydrogen (secondary N) is 1. The number of nitrogen functional groups attached to an aromatic ring is 1. The van der Waals surface area contributed by atoms with E-state index >= 15 is 0 Å². The Labute approximate surface area is 84.8 Å². The van der Waals surface area contributed by atoms with Gasteiger partial charge in [-0.25, -0.2) is 4.52 Å². The highest BCUT2D eigenvalue weighted by molar-refractivity contribution is 5.75. The van der Waals surface area contributed by atoms with Gasteiger partial charge in [-0.2, -0.15) is 10.1 Å². The molecule has 0 fully saturated rings. The topological polar surface area (TPSA) is 84.9 Å². The van der Waals surface area contributed by atoms with Gasteiger partial charge in [-0.15, -0.1) is 5.10 Å². The van der Waals surface area contributed by atoms with Crippen LogP contribution in [0.3, 0.4) is 0 Å². The average Bonchev–Trinajstić information content (AvgIpc) is 2.83. The van der Waals surface area contributed by atoms with Crippen molar-refractivity contribution >= 4 is 11.5 Å². The SMILES string of the molecule is Nc1n[nH]c(-c2cnn3ccccc23)n1. The molecule has 0 saturated heterocycles. The molecule has 15 heavy (non-hydrogen) atoms. The Balaban J connectivity index is 2.27. The zero-order valence-corrected chi connectivity index (χ0v) is 7.75. The van der Waals surface area contributed by atoms with Crippen molar-refractivity contribution in [2.45, 2.75) is 0 Å². The van der Waals surface area contributed by atoms with Gasteiger partial charge in [0.15, 0.2) is 5.82 Å². The molecule has 0 saturated carbocycles. The molecule has 0 aliphatic rings. The van der Waals surface area contributed by atoms with Crippen LogP contribution in [0.1, 0.15) is 0 Å². The lowest BCUT2D eigenvalue weighted by Crippen LogP contribution is -1.86. The molecule has 0 spiro atoms. The minimum Gasteiger partial charge on any atom is -0.366 e. The van der Waals surface area contributed by atoms with Crippen molar-refractivity contribution in [3.8, 4) is 11.4 Å². The molecule has 3 heterocycles. The molecule has 0 aromatic carbocycles. The molecule has 0 radical (unpaired) electrons. The van der Waals surface area contributed by atoms with Gasteiger partial charge in [0.1, 0.15) is 0 Å². The Morgan fingerprint density at radius 3 is 3.07 bits per heavy atom. The molecule has 0 aliphatic carbocycles. The van der Waals surface area contributed by atoms with Gasteiger partial charge in [-0.1, -0.05) is 6.07 Å². The molecule has 0 unspecified atom stereocenters. The summed E-state index contributed by atoms with van der Waals surface area (Å²) < 4.78 is 1.77. The van der Waals surface area contributed by atoms with Gasteiger partial charge in [0, 0.05) is 6.20 Å². The number of H-pyrrole nitrogens is 1. The quantitative estimate of drug-likeness (QED) is 0.605. The third-order valence-electron chi connectivity index (χ3n) is 2.18. The van der Waals surface area contributed by atoms with Crippen LogP contribution < -0.4 is 5.73 Å². The highest BCUT2D eigenvalue weighted by Crippen LogP contribution is 2.20. The van der Waals surface area contributed by atoms with Crippen LogP contribution in [0.25, 0.3) is 16.9 Å². The summed E-state index contributed by atoms with van der Waals surface area (Å²) in [5.41, 5.74) is 7.30. The fourth-order valence-corrected chi connectivity index (χ4v) is 1.51. The molecular formula is C9H8N6. The van der Waals surface area contributed by atoms with E-state index in [1.165, 1.54) is 0 Å². The number of nitrogens with zero attached hydrogens (tertiary/aromatic N) is 4. The van der Waals surface area contributed by atoms with E-state index < -0.39 is 0 Å². The summed E-state index contributed by atoms with van der Waals surface area (Å²) in [6.07, 6.45) is 3.61. The molecule has 0 amide bonds. The highest BCUT2D eigenvalue weighted by atomic mass is 15.3. The average molecular weight is 200 g/mol. The zero-order valence-electron chi connectivity index (χ0n) is 7.75. The van der Waals surface area contributed by atoms with E-state index in [1.807, 2.05) is 24.4 Å². The van der Waals surface area contributed by atoms with E-state index in [1.54, 1.807) is 10.7 Å². The summed E-state index contributed by atoms with van der Waals surface area (Å²) in [7, 11) is 0. The van der Waals surface area contributed by atoms with E-state index in [-0.39, 0.29) is 5.95 Å². The van der Waals surface area contributed by atoms with Gasteiger partial charge < -0.3 is 5.73 Å².